The van der Waals surface area contributed by atoms with E-state index in [1.165, 1.54) is 0 Å². The summed E-state index contributed by atoms with van der Waals surface area (Å²) in [5.74, 6) is -0.424. The van der Waals surface area contributed by atoms with Crippen molar-refractivity contribution in [2.75, 3.05) is 6.61 Å². The quantitative estimate of drug-likeness (QED) is 0.605. The highest BCUT2D eigenvalue weighted by Gasteiger charge is 2.47. The van der Waals surface area contributed by atoms with E-state index in [0.717, 1.165) is 11.1 Å². The fourth-order valence-electron chi connectivity index (χ4n) is 3.32. The Balaban J connectivity index is 1.70. The third kappa shape index (κ3) is 6.60. The van der Waals surface area contributed by atoms with Gasteiger partial charge in [0.1, 0.15) is 31.0 Å². The second kappa shape index (κ2) is 11.0. The first kappa shape index (κ1) is 24.4. The summed E-state index contributed by atoms with van der Waals surface area (Å²) in [5, 5.41) is 21.6. The van der Waals surface area contributed by atoms with Crippen molar-refractivity contribution >= 4 is 5.97 Å². The molecule has 7 nitrogen and oxygen atoms in total. The van der Waals surface area contributed by atoms with Crippen LogP contribution < -0.4 is 0 Å². The molecule has 2 aromatic rings. The van der Waals surface area contributed by atoms with Gasteiger partial charge in [-0.2, -0.15) is 0 Å². The second-order valence-electron chi connectivity index (χ2n) is 8.93. The van der Waals surface area contributed by atoms with Crippen molar-refractivity contribution in [3.63, 3.8) is 0 Å². The van der Waals surface area contributed by atoms with E-state index in [4.69, 9.17) is 18.9 Å². The first-order chi connectivity index (χ1) is 15.3. The molecule has 3 rings (SSSR count). The molecule has 0 aromatic heterocycles. The van der Waals surface area contributed by atoms with Gasteiger partial charge in [0.15, 0.2) is 6.29 Å². The van der Waals surface area contributed by atoms with Gasteiger partial charge in [-0.05, 0) is 31.9 Å². The van der Waals surface area contributed by atoms with E-state index in [-0.39, 0.29) is 19.8 Å². The van der Waals surface area contributed by atoms with Gasteiger partial charge in [0.2, 0.25) is 0 Å². The third-order valence-corrected chi connectivity index (χ3v) is 5.20. The number of rotatable bonds is 8. The van der Waals surface area contributed by atoms with E-state index >= 15 is 0 Å². The van der Waals surface area contributed by atoms with Gasteiger partial charge in [0.25, 0.3) is 0 Å². The molecule has 0 aliphatic carbocycles. The standard InChI is InChI=1S/C25H32O7/c1-25(2,3)24(28)31-16-19-20(26)21(29-14-17-10-6-4-7-11-17)22(23(27)32-19)30-15-18-12-8-5-9-13-18/h4-13,19-23,26-27H,14-16H2,1-3H3/t19-,20-,21+,22-,23-/m1/s1. The summed E-state index contributed by atoms with van der Waals surface area (Å²) in [7, 11) is 0. The van der Waals surface area contributed by atoms with Crippen molar-refractivity contribution < 1.29 is 34.0 Å². The highest BCUT2D eigenvalue weighted by molar-refractivity contribution is 5.75. The van der Waals surface area contributed by atoms with Crippen LogP contribution in [0.2, 0.25) is 0 Å². The minimum absolute atomic E-state index is 0.203. The number of carbonyl (C=O) groups is 1. The monoisotopic (exact) mass is 444 g/mol. The van der Waals surface area contributed by atoms with Crippen molar-refractivity contribution in [1.29, 1.82) is 0 Å². The SMILES string of the molecule is CC(C)(C)C(=O)OC[C@H]1O[C@@H](O)[C@H](OCc2ccccc2)[C@@H](OCc2ccccc2)[C@@H]1O. The number of aliphatic hydroxyl groups excluding tert-OH is 2. The molecule has 0 spiro atoms. The van der Waals surface area contributed by atoms with Crippen LogP contribution in [-0.2, 0) is 37.0 Å². The Morgan fingerprint density at radius 1 is 0.875 bits per heavy atom. The van der Waals surface area contributed by atoms with E-state index in [2.05, 4.69) is 0 Å². The maximum absolute atomic E-state index is 12.1. The Bertz CT molecular complexity index is 834. The predicted molar refractivity (Wildman–Crippen MR) is 117 cm³/mol. The molecule has 2 N–H and O–H groups in total. The molecule has 0 bridgehead atoms. The van der Waals surface area contributed by atoms with E-state index in [0.29, 0.717) is 0 Å². The molecule has 1 aliphatic heterocycles. The lowest BCUT2D eigenvalue weighted by atomic mass is 9.96. The number of aliphatic hydroxyl groups is 2. The lowest BCUT2D eigenvalue weighted by molar-refractivity contribution is -0.308. The summed E-state index contributed by atoms with van der Waals surface area (Å²) in [6, 6.07) is 19.0. The molecule has 0 amide bonds. The Hall–Kier alpha value is -2.29. The molecule has 0 radical (unpaired) electrons. The molecule has 0 saturated carbocycles. The van der Waals surface area contributed by atoms with Crippen LogP contribution in [0.15, 0.2) is 60.7 Å². The van der Waals surface area contributed by atoms with Crippen LogP contribution in [0.3, 0.4) is 0 Å². The molecule has 1 aliphatic rings. The van der Waals surface area contributed by atoms with Crippen molar-refractivity contribution in [2.24, 2.45) is 5.41 Å². The Morgan fingerprint density at radius 2 is 1.38 bits per heavy atom. The first-order valence-corrected chi connectivity index (χ1v) is 10.8. The average molecular weight is 445 g/mol. The van der Waals surface area contributed by atoms with Crippen LogP contribution >= 0.6 is 0 Å². The number of hydrogen-bond acceptors (Lipinski definition) is 7. The van der Waals surface area contributed by atoms with Gasteiger partial charge in [-0.1, -0.05) is 60.7 Å². The summed E-state index contributed by atoms with van der Waals surface area (Å²) >= 11 is 0. The maximum atomic E-state index is 12.1. The molecular formula is C25H32O7. The average Bonchev–Trinajstić information content (AvgIpc) is 2.78. The van der Waals surface area contributed by atoms with Crippen LogP contribution in [0.25, 0.3) is 0 Å². The zero-order chi connectivity index (χ0) is 23.1. The molecule has 1 fully saturated rings. The number of ether oxygens (including phenoxy) is 4. The predicted octanol–water partition coefficient (Wildman–Crippen LogP) is 2.82. The molecule has 5 atom stereocenters. The molecule has 32 heavy (non-hydrogen) atoms. The zero-order valence-electron chi connectivity index (χ0n) is 18.7. The maximum Gasteiger partial charge on any atom is 0.311 e. The van der Waals surface area contributed by atoms with Gasteiger partial charge in [-0.3, -0.25) is 4.79 Å². The van der Waals surface area contributed by atoms with Gasteiger partial charge < -0.3 is 29.2 Å². The molecule has 1 saturated heterocycles. The van der Waals surface area contributed by atoms with Crippen LogP contribution in [0.5, 0.6) is 0 Å². The molecule has 7 heteroatoms. The molecule has 1 heterocycles. The second-order valence-corrected chi connectivity index (χ2v) is 8.93. The summed E-state index contributed by atoms with van der Waals surface area (Å²) in [5.41, 5.74) is 1.14. The zero-order valence-corrected chi connectivity index (χ0v) is 18.7. The number of hydrogen-bond donors (Lipinski definition) is 2. The lowest BCUT2D eigenvalue weighted by Crippen LogP contribution is -2.60. The van der Waals surface area contributed by atoms with Crippen LogP contribution in [0.4, 0.5) is 0 Å². The summed E-state index contributed by atoms with van der Waals surface area (Å²) in [6.07, 6.45) is -5.30. The Kier molecular flexibility index (Phi) is 8.39. The van der Waals surface area contributed by atoms with E-state index in [9.17, 15) is 15.0 Å². The highest BCUT2D eigenvalue weighted by atomic mass is 16.7. The molecule has 174 valence electrons. The summed E-state index contributed by atoms with van der Waals surface area (Å²) in [4.78, 5) is 12.1. The Morgan fingerprint density at radius 3 is 1.88 bits per heavy atom. The Labute approximate surface area is 188 Å². The van der Waals surface area contributed by atoms with Gasteiger partial charge in [0, 0.05) is 0 Å². The highest BCUT2D eigenvalue weighted by Crippen LogP contribution is 2.27. The fraction of sp³-hybridized carbons (Fsp3) is 0.480. The largest absolute Gasteiger partial charge is 0.462 e. The first-order valence-electron chi connectivity index (χ1n) is 10.8. The van der Waals surface area contributed by atoms with Gasteiger partial charge >= 0.3 is 5.97 Å². The van der Waals surface area contributed by atoms with Gasteiger partial charge in [-0.15, -0.1) is 0 Å². The van der Waals surface area contributed by atoms with Crippen LogP contribution in [0, 0.1) is 5.41 Å². The van der Waals surface area contributed by atoms with E-state index in [1.807, 2.05) is 60.7 Å². The van der Waals surface area contributed by atoms with Crippen molar-refractivity contribution in [2.45, 2.75) is 64.7 Å². The molecule has 0 unspecified atom stereocenters. The number of esters is 1. The van der Waals surface area contributed by atoms with Crippen LogP contribution in [-0.4, -0.2) is 53.5 Å². The smallest absolute Gasteiger partial charge is 0.311 e. The minimum Gasteiger partial charge on any atom is -0.462 e. The molecular weight excluding hydrogens is 412 g/mol. The van der Waals surface area contributed by atoms with Crippen molar-refractivity contribution in [1.82, 2.24) is 0 Å². The minimum atomic E-state index is -1.36. The number of benzene rings is 2. The number of carbonyl (C=O) groups excluding carboxylic acids is 1. The normalized spacial score (nSPS) is 26.0. The summed E-state index contributed by atoms with van der Waals surface area (Å²) < 4.78 is 22.8. The van der Waals surface area contributed by atoms with Crippen molar-refractivity contribution in [3.8, 4) is 0 Å². The fourth-order valence-corrected chi connectivity index (χ4v) is 3.32. The molecule has 2 aromatic carbocycles. The van der Waals surface area contributed by atoms with E-state index in [1.54, 1.807) is 20.8 Å². The summed E-state index contributed by atoms with van der Waals surface area (Å²) in [6.45, 7) is 5.44. The third-order valence-electron chi connectivity index (χ3n) is 5.20. The van der Waals surface area contributed by atoms with E-state index < -0.39 is 42.1 Å². The topological polar surface area (TPSA) is 94.5 Å². The lowest BCUT2D eigenvalue weighted by Gasteiger charge is -2.42. The van der Waals surface area contributed by atoms with Crippen LogP contribution in [0.1, 0.15) is 31.9 Å². The van der Waals surface area contributed by atoms with Crippen molar-refractivity contribution in [3.05, 3.63) is 71.8 Å². The van der Waals surface area contributed by atoms with Gasteiger partial charge in [-0.25, -0.2) is 0 Å². The van der Waals surface area contributed by atoms with Gasteiger partial charge in [0.05, 0.1) is 18.6 Å².